The Morgan fingerprint density at radius 3 is 1.72 bits per heavy atom. The van der Waals surface area contributed by atoms with Gasteiger partial charge in [0.2, 0.25) is 0 Å². The van der Waals surface area contributed by atoms with E-state index < -0.39 is 5.41 Å². The molecular formula is C25H30N3O+. The van der Waals surface area contributed by atoms with Gasteiger partial charge in [-0.25, -0.2) is 4.79 Å². The van der Waals surface area contributed by atoms with Crippen molar-refractivity contribution in [2.75, 3.05) is 13.6 Å². The van der Waals surface area contributed by atoms with Crippen LogP contribution in [0.2, 0.25) is 0 Å². The number of carbonyl (C=O) groups is 1. The van der Waals surface area contributed by atoms with Crippen LogP contribution in [0.5, 0.6) is 0 Å². The lowest BCUT2D eigenvalue weighted by Gasteiger charge is -2.61. The van der Waals surface area contributed by atoms with Gasteiger partial charge < -0.3 is 0 Å². The normalized spacial score (nSPS) is 39.8. The topological polar surface area (TPSA) is 42.9 Å². The number of amides is 1. The first-order valence-electron chi connectivity index (χ1n) is 11.3. The summed E-state index contributed by atoms with van der Waals surface area (Å²) >= 11 is 0. The van der Waals surface area contributed by atoms with Crippen LogP contribution < -0.4 is 0 Å². The molecule has 1 aliphatic heterocycles. The average molecular weight is 389 g/mol. The molecule has 5 aliphatic rings. The molecule has 0 aromatic carbocycles. The Morgan fingerprint density at radius 2 is 1.28 bits per heavy atom. The Labute approximate surface area is 173 Å². The lowest BCUT2D eigenvalue weighted by molar-refractivity contribution is -0.889. The molecule has 3 heterocycles. The van der Waals surface area contributed by atoms with Gasteiger partial charge in [-0.2, -0.15) is 0 Å². The van der Waals surface area contributed by atoms with Gasteiger partial charge in [-0.15, -0.1) is 0 Å². The number of carbonyl (C=O) groups excluding carboxylic acids is 1. The summed E-state index contributed by atoms with van der Waals surface area (Å²) in [5.74, 6) is 2.94. The maximum atomic E-state index is 14.6. The third-order valence-corrected chi connectivity index (χ3v) is 9.15. The van der Waals surface area contributed by atoms with Gasteiger partial charge in [0.15, 0.2) is 0 Å². The smallest absolute Gasteiger partial charge is 0.265 e. The summed E-state index contributed by atoms with van der Waals surface area (Å²) in [7, 11) is 2.28. The van der Waals surface area contributed by atoms with Gasteiger partial charge in [0.05, 0.1) is 13.6 Å². The molecule has 0 N–H and O–H groups in total. The Balaban J connectivity index is 1.49. The van der Waals surface area contributed by atoms with E-state index in [1.165, 1.54) is 38.5 Å². The van der Waals surface area contributed by atoms with Crippen molar-refractivity contribution in [2.45, 2.75) is 55.9 Å². The fraction of sp³-hybridized carbons (Fsp3) is 0.560. The first-order chi connectivity index (χ1) is 14.1. The average Bonchev–Trinajstić information content (AvgIpc) is 3.02. The van der Waals surface area contributed by atoms with Crippen LogP contribution in [0.1, 0.15) is 56.1 Å². The highest BCUT2D eigenvalue weighted by Crippen LogP contribution is 2.62. The number of nitrogens with zero attached hydrogens (tertiary/aromatic N) is 3. The van der Waals surface area contributed by atoms with E-state index >= 15 is 0 Å². The van der Waals surface area contributed by atoms with Crippen molar-refractivity contribution in [3.05, 3.63) is 60.2 Å². The van der Waals surface area contributed by atoms with Crippen molar-refractivity contribution in [2.24, 2.45) is 17.8 Å². The molecule has 4 aliphatic carbocycles. The Morgan fingerprint density at radius 1 is 0.828 bits per heavy atom. The molecule has 4 heteroatoms. The third kappa shape index (κ3) is 2.27. The van der Waals surface area contributed by atoms with Gasteiger partial charge in [0.25, 0.3) is 0 Å². The Hall–Kier alpha value is -2.07. The molecule has 0 spiro atoms. The molecule has 5 fully saturated rings. The predicted molar refractivity (Wildman–Crippen MR) is 111 cm³/mol. The number of likely N-dealkylation sites (N-methyl/N-ethyl adjacent to an activating group) is 1. The number of rotatable bonds is 3. The maximum Gasteiger partial charge on any atom is 0.329 e. The van der Waals surface area contributed by atoms with Crippen molar-refractivity contribution in [3.8, 4) is 0 Å². The van der Waals surface area contributed by atoms with E-state index in [-0.39, 0.29) is 5.54 Å². The minimum atomic E-state index is -0.579. The van der Waals surface area contributed by atoms with Crippen LogP contribution in [0.25, 0.3) is 0 Å². The molecule has 7 rings (SSSR count). The van der Waals surface area contributed by atoms with Gasteiger partial charge in [-0.05, 0) is 72.4 Å². The molecular weight excluding hydrogens is 358 g/mol. The molecule has 0 radical (unpaired) electrons. The first-order valence-corrected chi connectivity index (χ1v) is 11.3. The number of hydrogen-bond donors (Lipinski definition) is 0. The van der Waals surface area contributed by atoms with Gasteiger partial charge >= 0.3 is 5.91 Å². The van der Waals surface area contributed by atoms with Crippen LogP contribution in [0.15, 0.2) is 49.1 Å². The Kier molecular flexibility index (Phi) is 3.66. The summed E-state index contributed by atoms with van der Waals surface area (Å²) in [4.78, 5) is 23.1. The summed E-state index contributed by atoms with van der Waals surface area (Å²) < 4.78 is 0.626. The van der Waals surface area contributed by atoms with E-state index in [1.54, 1.807) is 0 Å². The Bertz CT molecular complexity index is 866. The van der Waals surface area contributed by atoms with Crippen molar-refractivity contribution in [3.63, 3.8) is 0 Å². The fourth-order valence-corrected chi connectivity index (χ4v) is 8.12. The van der Waals surface area contributed by atoms with E-state index in [0.717, 1.165) is 41.8 Å². The predicted octanol–water partition coefficient (Wildman–Crippen LogP) is 4.11. The zero-order valence-electron chi connectivity index (χ0n) is 17.3. The van der Waals surface area contributed by atoms with E-state index in [4.69, 9.17) is 0 Å². The summed E-state index contributed by atoms with van der Waals surface area (Å²) in [5, 5.41) is 0. The minimum absolute atomic E-state index is 0.160. The van der Waals surface area contributed by atoms with Crippen LogP contribution in [-0.2, 0) is 10.2 Å². The van der Waals surface area contributed by atoms with Crippen LogP contribution in [0, 0.1) is 17.8 Å². The van der Waals surface area contributed by atoms with Crippen molar-refractivity contribution >= 4 is 5.91 Å². The zero-order valence-corrected chi connectivity index (χ0v) is 17.3. The molecule has 1 amide bonds. The number of hydrogen-bond acceptors (Lipinski definition) is 3. The van der Waals surface area contributed by atoms with Gasteiger partial charge in [0, 0.05) is 50.5 Å². The molecule has 29 heavy (non-hydrogen) atoms. The quantitative estimate of drug-likeness (QED) is 0.743. The van der Waals surface area contributed by atoms with E-state index in [1.807, 2.05) is 49.1 Å². The molecule has 2 aromatic heterocycles. The maximum absolute atomic E-state index is 14.6. The molecule has 2 aromatic rings. The van der Waals surface area contributed by atoms with Crippen LogP contribution in [0.3, 0.4) is 0 Å². The molecule has 4 nitrogen and oxygen atoms in total. The van der Waals surface area contributed by atoms with Crippen molar-refractivity contribution < 1.29 is 9.28 Å². The second-order valence-electron chi connectivity index (χ2n) is 10.5. The summed E-state index contributed by atoms with van der Waals surface area (Å²) in [5.41, 5.74) is 1.77. The third-order valence-electron chi connectivity index (χ3n) is 9.15. The molecule has 1 saturated heterocycles. The number of pyridine rings is 2. The fourth-order valence-electron chi connectivity index (χ4n) is 8.12. The van der Waals surface area contributed by atoms with E-state index in [2.05, 4.69) is 17.0 Å². The highest BCUT2D eigenvalue weighted by molar-refractivity contribution is 5.89. The molecule has 150 valence electrons. The highest BCUT2D eigenvalue weighted by atomic mass is 16.2. The summed E-state index contributed by atoms with van der Waals surface area (Å²) in [6, 6.07) is 8.20. The van der Waals surface area contributed by atoms with Crippen LogP contribution in [-0.4, -0.2) is 39.5 Å². The number of aromatic nitrogens is 2. The second kappa shape index (κ2) is 5.98. The van der Waals surface area contributed by atoms with Crippen LogP contribution >= 0.6 is 0 Å². The largest absolute Gasteiger partial charge is 0.329 e. The monoisotopic (exact) mass is 388 g/mol. The van der Waals surface area contributed by atoms with Crippen molar-refractivity contribution in [1.82, 2.24) is 9.97 Å². The summed E-state index contributed by atoms with van der Waals surface area (Å²) in [6.45, 7) is 0.940. The lowest BCUT2D eigenvalue weighted by Crippen LogP contribution is -2.70. The van der Waals surface area contributed by atoms with Crippen LogP contribution in [0.4, 0.5) is 0 Å². The zero-order chi connectivity index (χ0) is 19.7. The van der Waals surface area contributed by atoms with E-state index in [0.29, 0.717) is 10.4 Å². The number of likely N-dealkylation sites (tertiary alicyclic amines) is 1. The standard InChI is InChI=1S/C25H30N3O/c1-28(24-15-18-12-19(16-24)14-20(13-18)17-24)11-6-25(23(28)29,21-2-7-26-8-3-21)22-4-9-27-10-5-22/h2-5,7-10,18-20H,6,11-17H2,1H3/q+1. The van der Waals surface area contributed by atoms with Gasteiger partial charge in [0.1, 0.15) is 11.0 Å². The SMILES string of the molecule is C[N+]1(C23CC4CC(CC(C4)C2)C3)CCC(c2ccncc2)(c2ccncc2)C1=O. The van der Waals surface area contributed by atoms with Gasteiger partial charge in [-0.1, -0.05) is 0 Å². The lowest BCUT2D eigenvalue weighted by atomic mass is 9.52. The summed E-state index contributed by atoms with van der Waals surface area (Å²) in [6.07, 6.45) is 16.2. The number of quaternary nitrogens is 1. The molecule has 1 unspecified atom stereocenters. The molecule has 4 bridgehead atoms. The van der Waals surface area contributed by atoms with E-state index in [9.17, 15) is 4.79 Å². The highest BCUT2D eigenvalue weighted by Gasteiger charge is 2.69. The van der Waals surface area contributed by atoms with Gasteiger partial charge in [-0.3, -0.25) is 14.5 Å². The molecule has 1 atom stereocenters. The minimum Gasteiger partial charge on any atom is -0.265 e. The first kappa shape index (κ1) is 17.8. The van der Waals surface area contributed by atoms with Crippen molar-refractivity contribution in [1.29, 1.82) is 0 Å². The second-order valence-corrected chi connectivity index (χ2v) is 10.5. The molecule has 4 saturated carbocycles.